The summed E-state index contributed by atoms with van der Waals surface area (Å²) < 4.78 is 2.69. The summed E-state index contributed by atoms with van der Waals surface area (Å²) in [6.07, 6.45) is 12.5. The van der Waals surface area contributed by atoms with E-state index in [-0.39, 0.29) is 0 Å². The van der Waals surface area contributed by atoms with Gasteiger partial charge >= 0.3 is 0 Å². The van der Waals surface area contributed by atoms with Crippen LogP contribution in [0.2, 0.25) is 0 Å². The van der Waals surface area contributed by atoms with Gasteiger partial charge in [0.25, 0.3) is 0 Å². The van der Waals surface area contributed by atoms with E-state index >= 15 is 0 Å². The fourth-order valence-electron chi connectivity index (χ4n) is 3.70. The molecule has 1 nitrogen and oxygen atoms in total. The highest BCUT2D eigenvalue weighted by Crippen LogP contribution is 2.42. The molecule has 2 aliphatic rings. The normalized spacial score (nSPS) is 23.0. The van der Waals surface area contributed by atoms with Crippen LogP contribution in [0.4, 0.5) is 0 Å². The quantitative estimate of drug-likeness (QED) is 0.705. The lowest BCUT2D eigenvalue weighted by Gasteiger charge is -2.23. The number of allylic oxidation sites excluding steroid dienone is 1. The molecule has 1 heteroatoms. The predicted octanol–water partition coefficient (Wildman–Crippen LogP) is 3.91. The summed E-state index contributed by atoms with van der Waals surface area (Å²) in [4.78, 5) is 0. The van der Waals surface area contributed by atoms with Gasteiger partial charge in [-0.1, -0.05) is 19.1 Å². The molecule has 2 aliphatic heterocycles. The van der Waals surface area contributed by atoms with Crippen molar-refractivity contribution in [3.63, 3.8) is 0 Å². The molecule has 3 rings (SSSR count). The SMILES string of the molecule is CC=Cc1c(CC)c2n3c1CC[C@H]3CCC2. The fourth-order valence-corrected chi connectivity index (χ4v) is 3.70. The Balaban J connectivity index is 2.22. The third kappa shape index (κ3) is 1.24. The lowest BCUT2D eigenvalue weighted by atomic mass is 9.95. The van der Waals surface area contributed by atoms with Gasteiger partial charge in [-0.2, -0.15) is 0 Å². The molecule has 86 valence electrons. The molecule has 0 aromatic carbocycles. The van der Waals surface area contributed by atoms with Crippen molar-refractivity contribution in [2.45, 2.75) is 58.4 Å². The molecule has 0 fully saturated rings. The van der Waals surface area contributed by atoms with Gasteiger partial charge in [-0.05, 0) is 56.6 Å². The molecule has 0 amide bonds. The standard InChI is InChI=1S/C15H21N/c1-3-6-13-12(4-2)14-8-5-7-11-9-10-15(13)16(11)14/h3,6,11H,4-5,7-10H2,1-2H3/t11-/m1/s1. The molecule has 0 unspecified atom stereocenters. The van der Waals surface area contributed by atoms with Crippen LogP contribution in [-0.2, 0) is 19.3 Å². The average molecular weight is 215 g/mol. The second kappa shape index (κ2) is 3.80. The van der Waals surface area contributed by atoms with Gasteiger partial charge in [0.1, 0.15) is 0 Å². The van der Waals surface area contributed by atoms with Crippen molar-refractivity contribution in [3.8, 4) is 0 Å². The van der Waals surface area contributed by atoms with Crippen LogP contribution in [0.3, 0.4) is 0 Å². The smallest absolute Gasteiger partial charge is 0.0340 e. The fraction of sp³-hybridized carbons (Fsp3) is 0.600. The van der Waals surface area contributed by atoms with E-state index in [9.17, 15) is 0 Å². The molecule has 0 bridgehead atoms. The highest BCUT2D eigenvalue weighted by Gasteiger charge is 2.32. The first-order valence-electron chi connectivity index (χ1n) is 6.74. The van der Waals surface area contributed by atoms with Gasteiger partial charge in [0.2, 0.25) is 0 Å². The number of hydrogen-bond acceptors (Lipinski definition) is 0. The molecule has 0 saturated carbocycles. The van der Waals surface area contributed by atoms with Crippen LogP contribution in [-0.4, -0.2) is 4.57 Å². The van der Waals surface area contributed by atoms with Crippen molar-refractivity contribution in [1.29, 1.82) is 0 Å². The minimum atomic E-state index is 0.836. The second-order valence-electron chi connectivity index (χ2n) is 5.09. The first-order valence-corrected chi connectivity index (χ1v) is 6.74. The number of nitrogens with zero attached hydrogens (tertiary/aromatic N) is 1. The Labute approximate surface area is 98.2 Å². The summed E-state index contributed by atoms with van der Waals surface area (Å²) in [7, 11) is 0. The van der Waals surface area contributed by atoms with Gasteiger partial charge in [-0.15, -0.1) is 0 Å². The maximum Gasteiger partial charge on any atom is 0.0340 e. The Bertz CT molecular complexity index is 433. The Hall–Kier alpha value is -0.980. The number of aromatic nitrogens is 1. The van der Waals surface area contributed by atoms with Gasteiger partial charge in [0.05, 0.1) is 0 Å². The van der Waals surface area contributed by atoms with Crippen molar-refractivity contribution < 1.29 is 0 Å². The zero-order chi connectivity index (χ0) is 11.1. The van der Waals surface area contributed by atoms with E-state index in [4.69, 9.17) is 0 Å². The second-order valence-corrected chi connectivity index (χ2v) is 5.09. The zero-order valence-corrected chi connectivity index (χ0v) is 10.4. The van der Waals surface area contributed by atoms with Crippen molar-refractivity contribution in [1.82, 2.24) is 4.57 Å². The van der Waals surface area contributed by atoms with E-state index in [1.807, 2.05) is 0 Å². The Morgan fingerprint density at radius 2 is 2.12 bits per heavy atom. The maximum atomic E-state index is 2.69. The molecule has 16 heavy (non-hydrogen) atoms. The summed E-state index contributed by atoms with van der Waals surface area (Å²) in [5, 5.41) is 0. The van der Waals surface area contributed by atoms with Crippen LogP contribution in [0.5, 0.6) is 0 Å². The van der Waals surface area contributed by atoms with E-state index in [0.29, 0.717) is 0 Å². The number of rotatable bonds is 2. The molecule has 3 heterocycles. The molecule has 1 aromatic rings. The summed E-state index contributed by atoms with van der Waals surface area (Å²) in [5.74, 6) is 0. The van der Waals surface area contributed by atoms with Crippen molar-refractivity contribution >= 4 is 6.08 Å². The van der Waals surface area contributed by atoms with Crippen molar-refractivity contribution in [2.24, 2.45) is 0 Å². The van der Waals surface area contributed by atoms with E-state index in [1.165, 1.54) is 38.5 Å². The molecule has 0 aliphatic carbocycles. The maximum absolute atomic E-state index is 2.69. The average Bonchev–Trinajstić information content (AvgIpc) is 2.85. The van der Waals surface area contributed by atoms with Crippen LogP contribution in [0.1, 0.15) is 61.7 Å². The Morgan fingerprint density at radius 3 is 2.88 bits per heavy atom. The first-order chi connectivity index (χ1) is 7.86. The van der Waals surface area contributed by atoms with Gasteiger partial charge in [0.15, 0.2) is 0 Å². The minimum Gasteiger partial charge on any atom is -0.345 e. The molecule has 0 saturated heterocycles. The lowest BCUT2D eigenvalue weighted by molar-refractivity contribution is 0.419. The van der Waals surface area contributed by atoms with Crippen LogP contribution in [0, 0.1) is 0 Å². The minimum absolute atomic E-state index is 0.836. The summed E-state index contributed by atoms with van der Waals surface area (Å²) in [5.41, 5.74) is 6.50. The zero-order valence-electron chi connectivity index (χ0n) is 10.4. The van der Waals surface area contributed by atoms with Gasteiger partial charge in [-0.3, -0.25) is 0 Å². The Morgan fingerprint density at radius 1 is 1.25 bits per heavy atom. The largest absolute Gasteiger partial charge is 0.345 e. The van der Waals surface area contributed by atoms with E-state index in [1.54, 1.807) is 22.5 Å². The highest BCUT2D eigenvalue weighted by atomic mass is 15.1. The molecule has 0 spiro atoms. The van der Waals surface area contributed by atoms with Gasteiger partial charge in [0, 0.05) is 17.4 Å². The molecular formula is C15H21N. The van der Waals surface area contributed by atoms with Crippen LogP contribution >= 0.6 is 0 Å². The predicted molar refractivity (Wildman–Crippen MR) is 68.8 cm³/mol. The topological polar surface area (TPSA) is 4.93 Å². The Kier molecular flexibility index (Phi) is 2.42. The van der Waals surface area contributed by atoms with E-state index < -0.39 is 0 Å². The summed E-state index contributed by atoms with van der Waals surface area (Å²) in [6, 6.07) is 0.836. The van der Waals surface area contributed by atoms with Crippen LogP contribution in [0.25, 0.3) is 6.08 Å². The third-order valence-corrected chi connectivity index (χ3v) is 4.28. The first kappa shape index (κ1) is 10.2. The van der Waals surface area contributed by atoms with Gasteiger partial charge < -0.3 is 4.57 Å². The molecular weight excluding hydrogens is 194 g/mol. The van der Waals surface area contributed by atoms with Crippen LogP contribution in [0.15, 0.2) is 6.08 Å². The van der Waals surface area contributed by atoms with Crippen molar-refractivity contribution in [3.05, 3.63) is 28.6 Å². The third-order valence-electron chi connectivity index (χ3n) is 4.28. The van der Waals surface area contributed by atoms with Crippen LogP contribution < -0.4 is 0 Å². The molecule has 0 N–H and O–H groups in total. The monoisotopic (exact) mass is 215 g/mol. The molecule has 1 atom stereocenters. The number of hydrogen-bond donors (Lipinski definition) is 0. The highest BCUT2D eigenvalue weighted by molar-refractivity contribution is 5.60. The summed E-state index contributed by atoms with van der Waals surface area (Å²) in [6.45, 7) is 4.44. The molecule has 1 aromatic heterocycles. The van der Waals surface area contributed by atoms with Gasteiger partial charge in [-0.25, -0.2) is 0 Å². The lowest BCUT2D eigenvalue weighted by Crippen LogP contribution is -2.14. The van der Waals surface area contributed by atoms with E-state index in [0.717, 1.165) is 6.04 Å². The molecule has 0 radical (unpaired) electrons. The van der Waals surface area contributed by atoms with Crippen molar-refractivity contribution in [2.75, 3.05) is 0 Å². The van der Waals surface area contributed by atoms with E-state index in [2.05, 4.69) is 30.6 Å². The summed E-state index contributed by atoms with van der Waals surface area (Å²) >= 11 is 0.